The zero-order chi connectivity index (χ0) is 27.0. The van der Waals surface area contributed by atoms with Crippen molar-refractivity contribution in [2.45, 2.75) is 56.7 Å². The molecule has 202 valence electrons. The summed E-state index contributed by atoms with van der Waals surface area (Å²) >= 11 is 0. The van der Waals surface area contributed by atoms with Gasteiger partial charge in [0.05, 0.1) is 29.8 Å². The van der Waals surface area contributed by atoms with E-state index in [2.05, 4.69) is 10.6 Å². The Labute approximate surface area is 225 Å². The van der Waals surface area contributed by atoms with Crippen LogP contribution < -0.4 is 14.9 Å². The van der Waals surface area contributed by atoms with E-state index in [0.717, 1.165) is 24.7 Å². The van der Waals surface area contributed by atoms with E-state index in [1.54, 1.807) is 48.5 Å². The fourth-order valence-corrected chi connectivity index (χ4v) is 6.01. The maximum Gasteiger partial charge on any atom is 0.251 e. The number of aliphatic hydroxyl groups excluding tert-OH is 1. The Bertz CT molecular complexity index is 1280. The molecule has 2 atom stereocenters. The van der Waals surface area contributed by atoms with Crippen LogP contribution in [0, 0.1) is 0 Å². The number of aliphatic hydroxyl groups is 1. The molecule has 0 aromatic heterocycles. The van der Waals surface area contributed by atoms with Crippen molar-refractivity contribution >= 4 is 27.3 Å². The number of nitrogens with one attached hydrogen (secondary N) is 2. The normalized spacial score (nSPS) is 15.9. The monoisotopic (exact) mass is 535 g/mol. The van der Waals surface area contributed by atoms with E-state index in [4.69, 9.17) is 0 Å². The Hall–Kier alpha value is -3.20. The molecule has 2 unspecified atom stereocenters. The van der Waals surface area contributed by atoms with Gasteiger partial charge in [-0.2, -0.15) is 0 Å². The smallest absolute Gasteiger partial charge is 0.251 e. The second-order valence-corrected chi connectivity index (χ2v) is 11.8. The van der Waals surface area contributed by atoms with Gasteiger partial charge in [-0.25, -0.2) is 12.7 Å². The van der Waals surface area contributed by atoms with Crippen molar-refractivity contribution in [1.29, 1.82) is 0 Å². The summed E-state index contributed by atoms with van der Waals surface area (Å²) in [5, 5.41) is 17.6. The summed E-state index contributed by atoms with van der Waals surface area (Å²) in [6.07, 6.45) is 6.68. The molecular formula is C30H37N3O4S. The number of nitrogens with zero attached hydrogens (tertiary/aromatic N) is 1. The molecule has 0 saturated heterocycles. The van der Waals surface area contributed by atoms with Crippen molar-refractivity contribution < 1.29 is 18.3 Å². The first-order valence-corrected chi connectivity index (χ1v) is 15.1. The summed E-state index contributed by atoms with van der Waals surface area (Å²) in [4.78, 5) is 13.4. The fraction of sp³-hybridized carbons (Fsp3) is 0.367. The summed E-state index contributed by atoms with van der Waals surface area (Å²) in [5.74, 6) is -0.369. The topological polar surface area (TPSA) is 98.7 Å². The van der Waals surface area contributed by atoms with Crippen LogP contribution in [0.5, 0.6) is 0 Å². The largest absolute Gasteiger partial charge is 0.390 e. The Balaban J connectivity index is 1.53. The number of amides is 1. The van der Waals surface area contributed by atoms with Crippen LogP contribution in [0.1, 0.15) is 48.0 Å². The molecule has 38 heavy (non-hydrogen) atoms. The molecule has 1 amide bonds. The standard InChI is InChI=1S/C30H37N3O4S/c1-38(36,37)33(26-17-9-4-10-18-26)27-19-11-14-24(21-27)30(35)32-28(20-23-12-5-2-6-13-23)29(34)22-31-25-15-7-3-8-16-25/h2,4-6,9-14,17-19,21,25,28-29,31,34H,3,7-8,15-16,20,22H2,1H3,(H,32,35). The van der Waals surface area contributed by atoms with Crippen LogP contribution in [0.25, 0.3) is 0 Å². The first-order chi connectivity index (χ1) is 18.3. The van der Waals surface area contributed by atoms with Gasteiger partial charge in [0.25, 0.3) is 5.91 Å². The molecular weight excluding hydrogens is 498 g/mol. The van der Waals surface area contributed by atoms with E-state index in [0.29, 0.717) is 35.9 Å². The Morgan fingerprint density at radius 2 is 1.55 bits per heavy atom. The van der Waals surface area contributed by atoms with Crippen molar-refractivity contribution in [3.8, 4) is 0 Å². The molecule has 0 aliphatic heterocycles. The lowest BCUT2D eigenvalue weighted by Crippen LogP contribution is -2.50. The number of carbonyl (C=O) groups is 1. The molecule has 3 aromatic carbocycles. The first-order valence-electron chi connectivity index (χ1n) is 13.2. The molecule has 0 bridgehead atoms. The van der Waals surface area contributed by atoms with Gasteiger partial charge in [0.1, 0.15) is 0 Å². The average Bonchev–Trinajstić information content (AvgIpc) is 2.92. The number of hydrogen-bond donors (Lipinski definition) is 3. The Morgan fingerprint density at radius 1 is 0.921 bits per heavy atom. The quantitative estimate of drug-likeness (QED) is 0.338. The molecule has 0 spiro atoms. The molecule has 8 heteroatoms. The Kier molecular flexibility index (Phi) is 9.55. The van der Waals surface area contributed by atoms with Crippen LogP contribution in [0.3, 0.4) is 0 Å². The number of hydrogen-bond acceptors (Lipinski definition) is 5. The van der Waals surface area contributed by atoms with Crippen LogP contribution in [0.15, 0.2) is 84.9 Å². The highest BCUT2D eigenvalue weighted by Gasteiger charge is 2.25. The highest BCUT2D eigenvalue weighted by molar-refractivity contribution is 7.92. The van der Waals surface area contributed by atoms with Crippen molar-refractivity contribution in [1.82, 2.24) is 10.6 Å². The molecule has 7 nitrogen and oxygen atoms in total. The van der Waals surface area contributed by atoms with Crippen molar-refractivity contribution in [3.63, 3.8) is 0 Å². The third kappa shape index (κ3) is 7.66. The molecule has 1 fully saturated rings. The van der Waals surface area contributed by atoms with E-state index >= 15 is 0 Å². The first kappa shape index (κ1) is 27.8. The minimum absolute atomic E-state index is 0.317. The van der Waals surface area contributed by atoms with E-state index < -0.39 is 22.2 Å². The molecule has 3 aromatic rings. The summed E-state index contributed by atoms with van der Waals surface area (Å²) in [7, 11) is -3.66. The second-order valence-electron chi connectivity index (χ2n) is 9.99. The predicted molar refractivity (Wildman–Crippen MR) is 152 cm³/mol. The summed E-state index contributed by atoms with van der Waals surface area (Å²) < 4.78 is 26.6. The number of para-hydroxylation sites is 1. The van der Waals surface area contributed by atoms with Gasteiger partial charge in [-0.3, -0.25) is 4.79 Å². The average molecular weight is 536 g/mol. The lowest BCUT2D eigenvalue weighted by Gasteiger charge is -2.28. The van der Waals surface area contributed by atoms with Gasteiger partial charge in [0.2, 0.25) is 10.0 Å². The van der Waals surface area contributed by atoms with Crippen LogP contribution in [0.2, 0.25) is 0 Å². The van der Waals surface area contributed by atoms with Crippen molar-refractivity contribution in [3.05, 3.63) is 96.1 Å². The van der Waals surface area contributed by atoms with Gasteiger partial charge >= 0.3 is 0 Å². The number of carbonyl (C=O) groups excluding carboxylic acids is 1. The van der Waals surface area contributed by atoms with Crippen LogP contribution in [-0.4, -0.2) is 50.4 Å². The maximum atomic E-state index is 13.4. The van der Waals surface area contributed by atoms with Gasteiger partial charge in [-0.1, -0.05) is 73.9 Å². The minimum Gasteiger partial charge on any atom is -0.390 e. The van der Waals surface area contributed by atoms with Gasteiger partial charge in [-0.05, 0) is 55.2 Å². The molecule has 1 aliphatic carbocycles. The second kappa shape index (κ2) is 13.0. The van der Waals surface area contributed by atoms with Gasteiger partial charge in [-0.15, -0.1) is 0 Å². The van der Waals surface area contributed by atoms with Crippen LogP contribution in [-0.2, 0) is 16.4 Å². The lowest BCUT2D eigenvalue weighted by atomic mass is 9.95. The van der Waals surface area contributed by atoms with Crippen molar-refractivity contribution in [2.75, 3.05) is 17.1 Å². The number of benzene rings is 3. The molecule has 0 heterocycles. The zero-order valence-corrected chi connectivity index (χ0v) is 22.6. The highest BCUT2D eigenvalue weighted by atomic mass is 32.2. The number of rotatable bonds is 11. The fourth-order valence-electron chi connectivity index (χ4n) is 5.01. The molecule has 3 N–H and O–H groups in total. The summed E-state index contributed by atoms with van der Waals surface area (Å²) in [5.41, 5.74) is 2.18. The summed E-state index contributed by atoms with van der Waals surface area (Å²) in [6.45, 7) is 0.387. The zero-order valence-electron chi connectivity index (χ0n) is 21.8. The van der Waals surface area contributed by atoms with Gasteiger partial charge in [0, 0.05) is 18.2 Å². The van der Waals surface area contributed by atoms with Gasteiger partial charge in [0.15, 0.2) is 0 Å². The maximum absolute atomic E-state index is 13.4. The Morgan fingerprint density at radius 3 is 2.21 bits per heavy atom. The highest BCUT2D eigenvalue weighted by Crippen LogP contribution is 2.29. The van der Waals surface area contributed by atoms with E-state index in [1.807, 2.05) is 36.4 Å². The SMILES string of the molecule is CS(=O)(=O)N(c1ccccc1)c1cccc(C(=O)NC(Cc2ccccc2)C(O)CNC2CCCCC2)c1. The molecule has 1 saturated carbocycles. The van der Waals surface area contributed by atoms with Crippen LogP contribution >= 0.6 is 0 Å². The molecule has 1 aliphatic rings. The number of sulfonamides is 1. The van der Waals surface area contributed by atoms with Crippen molar-refractivity contribution in [2.24, 2.45) is 0 Å². The summed E-state index contributed by atoms with van der Waals surface area (Å²) in [6, 6.07) is 24.9. The van der Waals surface area contributed by atoms with E-state index in [-0.39, 0.29) is 5.91 Å². The van der Waals surface area contributed by atoms with Gasteiger partial charge < -0.3 is 15.7 Å². The third-order valence-electron chi connectivity index (χ3n) is 6.97. The minimum atomic E-state index is -3.66. The predicted octanol–water partition coefficient (Wildman–Crippen LogP) is 4.41. The number of anilines is 2. The van der Waals surface area contributed by atoms with Crippen LogP contribution in [0.4, 0.5) is 11.4 Å². The van der Waals surface area contributed by atoms with E-state index in [9.17, 15) is 18.3 Å². The third-order valence-corrected chi connectivity index (χ3v) is 8.05. The molecule has 4 rings (SSSR count). The lowest BCUT2D eigenvalue weighted by molar-refractivity contribution is 0.0821. The van der Waals surface area contributed by atoms with E-state index in [1.165, 1.54) is 23.6 Å². The molecule has 0 radical (unpaired) electrons.